The Morgan fingerprint density at radius 3 is 2.22 bits per heavy atom. The van der Waals surface area contributed by atoms with E-state index in [-0.39, 0.29) is 13.6 Å². The molecule has 0 unspecified atom stereocenters. The second kappa shape index (κ2) is 10.3. The number of halogens is 1. The molecule has 0 saturated carbocycles. The zero-order valence-corrected chi connectivity index (χ0v) is 17.4. The van der Waals surface area contributed by atoms with Gasteiger partial charge in [0.2, 0.25) is 0 Å². The summed E-state index contributed by atoms with van der Waals surface area (Å²) >= 11 is 3.51. The molecule has 27 heavy (non-hydrogen) atoms. The van der Waals surface area contributed by atoms with E-state index in [0.29, 0.717) is 33.7 Å². The molecule has 0 bridgehead atoms. The van der Waals surface area contributed by atoms with Gasteiger partial charge >= 0.3 is 5.97 Å². The van der Waals surface area contributed by atoms with Crippen molar-refractivity contribution in [1.82, 2.24) is 0 Å². The third-order valence-corrected chi connectivity index (χ3v) is 4.68. The van der Waals surface area contributed by atoms with Crippen molar-refractivity contribution in [3.8, 4) is 11.5 Å². The molecule has 0 spiro atoms. The summed E-state index contributed by atoms with van der Waals surface area (Å²) < 4.78 is 27.1. The highest BCUT2D eigenvalue weighted by Gasteiger charge is 2.26. The van der Waals surface area contributed by atoms with Gasteiger partial charge in [0.15, 0.2) is 19.3 Å². The lowest BCUT2D eigenvalue weighted by Gasteiger charge is -2.20. The molecule has 0 N–H and O–H groups in total. The molecule has 0 amide bonds. The number of ether oxygens (including phenoxy) is 5. The van der Waals surface area contributed by atoms with E-state index >= 15 is 0 Å². The minimum atomic E-state index is -0.543. The fourth-order valence-electron chi connectivity index (χ4n) is 2.49. The number of carbonyl (C=O) groups excluding carboxylic acids is 1. The largest absolute Gasteiger partial charge is 0.487 e. The van der Waals surface area contributed by atoms with Gasteiger partial charge in [0.25, 0.3) is 0 Å². The van der Waals surface area contributed by atoms with E-state index in [1.54, 1.807) is 0 Å². The predicted molar refractivity (Wildman–Crippen MR) is 104 cm³/mol. The molecule has 0 aliphatic heterocycles. The first kappa shape index (κ1) is 21.2. The maximum Gasteiger partial charge on any atom is 0.344 e. The highest BCUT2D eigenvalue weighted by molar-refractivity contribution is 9.10. The Labute approximate surface area is 167 Å². The summed E-state index contributed by atoms with van der Waals surface area (Å²) in [7, 11) is 2.95. The zero-order chi connectivity index (χ0) is 19.8. The molecular weight excluding hydrogens is 416 g/mol. The molecule has 0 heterocycles. The SMILES string of the molecule is COCOC(=O)c1c(C)c(C)c(OCc2ccccc2)c(Br)c1OCOC. The Hall–Kier alpha value is -2.09. The van der Waals surface area contributed by atoms with E-state index in [1.807, 2.05) is 44.2 Å². The quantitative estimate of drug-likeness (QED) is 0.427. The highest BCUT2D eigenvalue weighted by Crippen LogP contribution is 2.43. The second-order valence-electron chi connectivity index (χ2n) is 5.76. The standard InChI is InChI=1S/C20H23BrO6/c1-13-14(2)18(25-10-15-8-6-5-7-9-15)17(21)19(26-11-23-3)16(13)20(22)27-12-24-4/h5-9H,10-12H2,1-4H3. The summed E-state index contributed by atoms with van der Waals surface area (Å²) in [4.78, 5) is 12.5. The third kappa shape index (κ3) is 5.22. The summed E-state index contributed by atoms with van der Waals surface area (Å²) in [6, 6.07) is 9.82. The second-order valence-corrected chi connectivity index (χ2v) is 6.55. The van der Waals surface area contributed by atoms with Crippen LogP contribution in [0.4, 0.5) is 0 Å². The number of hydrogen-bond donors (Lipinski definition) is 0. The van der Waals surface area contributed by atoms with E-state index in [9.17, 15) is 4.79 Å². The molecule has 0 fully saturated rings. The molecule has 146 valence electrons. The van der Waals surface area contributed by atoms with Crippen LogP contribution in [-0.2, 0) is 20.8 Å². The van der Waals surface area contributed by atoms with Crippen LogP contribution in [0.3, 0.4) is 0 Å². The molecule has 2 rings (SSSR count). The fourth-order valence-corrected chi connectivity index (χ4v) is 3.22. The van der Waals surface area contributed by atoms with E-state index in [2.05, 4.69) is 15.9 Å². The fraction of sp³-hybridized carbons (Fsp3) is 0.350. The molecule has 2 aromatic carbocycles. The van der Waals surface area contributed by atoms with Crippen LogP contribution < -0.4 is 9.47 Å². The van der Waals surface area contributed by atoms with Gasteiger partial charge in [0.05, 0.1) is 0 Å². The predicted octanol–water partition coefficient (Wildman–Crippen LogP) is 4.39. The molecule has 2 aromatic rings. The van der Waals surface area contributed by atoms with Crippen LogP contribution in [0.1, 0.15) is 27.0 Å². The molecule has 0 saturated heterocycles. The summed E-state index contributed by atoms with van der Waals surface area (Å²) in [6.07, 6.45) is 0. The van der Waals surface area contributed by atoms with Crippen molar-refractivity contribution in [2.24, 2.45) is 0 Å². The van der Waals surface area contributed by atoms with Gasteiger partial charge < -0.3 is 23.7 Å². The Balaban J connectivity index is 2.42. The zero-order valence-electron chi connectivity index (χ0n) is 15.8. The van der Waals surface area contributed by atoms with Crippen LogP contribution in [0, 0.1) is 13.8 Å². The van der Waals surface area contributed by atoms with Gasteiger partial charge in [-0.15, -0.1) is 0 Å². The van der Waals surface area contributed by atoms with E-state index < -0.39 is 5.97 Å². The number of benzene rings is 2. The minimum Gasteiger partial charge on any atom is -0.487 e. The summed E-state index contributed by atoms with van der Waals surface area (Å²) in [5.74, 6) is 0.369. The van der Waals surface area contributed by atoms with Crippen LogP contribution in [0.5, 0.6) is 11.5 Å². The summed E-state index contributed by atoms with van der Waals surface area (Å²) in [5, 5.41) is 0. The molecular formula is C20H23BrO6. The van der Waals surface area contributed by atoms with Crippen molar-refractivity contribution in [1.29, 1.82) is 0 Å². The number of carbonyl (C=O) groups is 1. The van der Waals surface area contributed by atoms with Crippen LogP contribution >= 0.6 is 15.9 Å². The van der Waals surface area contributed by atoms with Crippen molar-refractivity contribution < 1.29 is 28.5 Å². The molecule has 6 nitrogen and oxygen atoms in total. The monoisotopic (exact) mass is 438 g/mol. The molecule has 7 heteroatoms. The van der Waals surface area contributed by atoms with Crippen LogP contribution in [-0.4, -0.2) is 33.8 Å². The van der Waals surface area contributed by atoms with Gasteiger partial charge in [0.1, 0.15) is 22.4 Å². The van der Waals surface area contributed by atoms with Gasteiger partial charge in [-0.2, -0.15) is 0 Å². The maximum atomic E-state index is 12.5. The van der Waals surface area contributed by atoms with Crippen molar-refractivity contribution in [2.75, 3.05) is 27.8 Å². The van der Waals surface area contributed by atoms with Gasteiger partial charge in [-0.25, -0.2) is 4.79 Å². The van der Waals surface area contributed by atoms with Crippen molar-refractivity contribution in [3.05, 3.63) is 57.1 Å². The first-order valence-electron chi connectivity index (χ1n) is 8.28. The minimum absolute atomic E-state index is 0.0240. The average Bonchev–Trinajstić information content (AvgIpc) is 2.68. The lowest BCUT2D eigenvalue weighted by Crippen LogP contribution is -2.15. The lowest BCUT2D eigenvalue weighted by molar-refractivity contribution is -0.0133. The van der Waals surface area contributed by atoms with Crippen molar-refractivity contribution in [2.45, 2.75) is 20.5 Å². The Bertz CT molecular complexity index is 776. The highest BCUT2D eigenvalue weighted by atomic mass is 79.9. The van der Waals surface area contributed by atoms with Gasteiger partial charge in [0, 0.05) is 14.2 Å². The molecule has 0 aliphatic carbocycles. The molecule has 0 aliphatic rings. The smallest absolute Gasteiger partial charge is 0.344 e. The average molecular weight is 439 g/mol. The third-order valence-electron chi connectivity index (χ3n) is 3.96. The number of hydrogen-bond acceptors (Lipinski definition) is 6. The number of rotatable bonds is 9. The van der Waals surface area contributed by atoms with Crippen molar-refractivity contribution in [3.63, 3.8) is 0 Å². The maximum absolute atomic E-state index is 12.5. The van der Waals surface area contributed by atoms with Crippen LogP contribution in [0.25, 0.3) is 0 Å². The summed E-state index contributed by atoms with van der Waals surface area (Å²) in [5.41, 5.74) is 2.85. The summed E-state index contributed by atoms with van der Waals surface area (Å²) in [6.45, 7) is 3.92. The molecule has 0 aromatic heterocycles. The van der Waals surface area contributed by atoms with Crippen molar-refractivity contribution >= 4 is 21.9 Å². The van der Waals surface area contributed by atoms with E-state index in [4.69, 9.17) is 23.7 Å². The Morgan fingerprint density at radius 2 is 1.59 bits per heavy atom. The lowest BCUT2D eigenvalue weighted by atomic mass is 10.0. The van der Waals surface area contributed by atoms with Gasteiger partial charge in [-0.3, -0.25) is 0 Å². The van der Waals surface area contributed by atoms with E-state index in [0.717, 1.165) is 11.1 Å². The normalized spacial score (nSPS) is 10.6. The van der Waals surface area contributed by atoms with Gasteiger partial charge in [-0.05, 0) is 46.5 Å². The topological polar surface area (TPSA) is 63.2 Å². The van der Waals surface area contributed by atoms with Crippen LogP contribution in [0.15, 0.2) is 34.8 Å². The molecule has 0 radical (unpaired) electrons. The molecule has 0 atom stereocenters. The first-order chi connectivity index (χ1) is 13.0. The number of methoxy groups -OCH3 is 2. The van der Waals surface area contributed by atoms with Crippen LogP contribution in [0.2, 0.25) is 0 Å². The first-order valence-corrected chi connectivity index (χ1v) is 9.07. The number of esters is 1. The van der Waals surface area contributed by atoms with Gasteiger partial charge in [-0.1, -0.05) is 30.3 Å². The Kier molecular flexibility index (Phi) is 8.09. The van der Waals surface area contributed by atoms with E-state index in [1.165, 1.54) is 14.2 Å². The Morgan fingerprint density at radius 1 is 0.926 bits per heavy atom.